The van der Waals surface area contributed by atoms with Crippen LogP contribution in [0.3, 0.4) is 0 Å². The molecule has 31 heavy (non-hydrogen) atoms. The molecule has 1 aromatic rings. The number of hydrogen-bond acceptors (Lipinski definition) is 4. The summed E-state index contributed by atoms with van der Waals surface area (Å²) in [5.41, 5.74) is 1.10. The van der Waals surface area contributed by atoms with Crippen molar-refractivity contribution in [1.82, 2.24) is 15.1 Å². The second kappa shape index (κ2) is 10.2. The van der Waals surface area contributed by atoms with Crippen molar-refractivity contribution in [1.29, 1.82) is 0 Å². The first-order valence-electron chi connectivity index (χ1n) is 11.3. The molecule has 0 radical (unpaired) electrons. The van der Waals surface area contributed by atoms with E-state index in [1.54, 1.807) is 0 Å². The van der Waals surface area contributed by atoms with E-state index in [4.69, 9.17) is 21.1 Å². The van der Waals surface area contributed by atoms with Gasteiger partial charge in [-0.2, -0.15) is 0 Å². The summed E-state index contributed by atoms with van der Waals surface area (Å²) in [4.78, 5) is 21.3. The van der Waals surface area contributed by atoms with Crippen LogP contribution in [0.1, 0.15) is 31.2 Å². The van der Waals surface area contributed by atoms with Crippen LogP contribution in [0, 0.1) is 0 Å². The molecule has 1 atom stereocenters. The van der Waals surface area contributed by atoms with Gasteiger partial charge in [0.15, 0.2) is 5.96 Å². The topological polar surface area (TPSA) is 66.4 Å². The summed E-state index contributed by atoms with van der Waals surface area (Å²) in [6.45, 7) is 5.84. The van der Waals surface area contributed by atoms with Crippen LogP contribution in [0.5, 0.6) is 0 Å². The maximum atomic E-state index is 12.6. The SMILES string of the molecule is CN=C(NCC1(c2ccccc2Cl)CCOCC1)N1CCN(C(=O)C2CCCO2)CC1. The van der Waals surface area contributed by atoms with Crippen molar-refractivity contribution in [2.75, 3.05) is 59.6 Å². The number of aliphatic imine (C=N–C) groups is 1. The normalized spacial score (nSPS) is 24.3. The van der Waals surface area contributed by atoms with E-state index in [1.807, 2.05) is 24.1 Å². The minimum Gasteiger partial charge on any atom is -0.381 e. The molecule has 0 aliphatic carbocycles. The molecular weight excluding hydrogens is 416 g/mol. The van der Waals surface area contributed by atoms with Gasteiger partial charge in [-0.25, -0.2) is 0 Å². The molecule has 0 spiro atoms. The van der Waals surface area contributed by atoms with Crippen molar-refractivity contribution in [2.24, 2.45) is 4.99 Å². The molecule has 1 unspecified atom stereocenters. The lowest BCUT2D eigenvalue weighted by Crippen LogP contribution is -2.56. The van der Waals surface area contributed by atoms with E-state index in [0.29, 0.717) is 19.7 Å². The summed E-state index contributed by atoms with van der Waals surface area (Å²) < 4.78 is 11.2. The average molecular weight is 449 g/mol. The minimum atomic E-state index is -0.243. The van der Waals surface area contributed by atoms with Crippen LogP contribution in [-0.4, -0.2) is 87.4 Å². The van der Waals surface area contributed by atoms with Crippen molar-refractivity contribution >= 4 is 23.5 Å². The Morgan fingerprint density at radius 1 is 1.16 bits per heavy atom. The Balaban J connectivity index is 1.37. The van der Waals surface area contributed by atoms with E-state index in [2.05, 4.69) is 27.3 Å². The molecule has 1 N–H and O–H groups in total. The predicted octanol–water partition coefficient (Wildman–Crippen LogP) is 2.29. The largest absolute Gasteiger partial charge is 0.381 e. The van der Waals surface area contributed by atoms with Gasteiger partial charge in [0.05, 0.1) is 0 Å². The number of benzene rings is 1. The van der Waals surface area contributed by atoms with Gasteiger partial charge in [0.2, 0.25) is 0 Å². The maximum absolute atomic E-state index is 12.6. The Kier molecular flexibility index (Phi) is 7.35. The predicted molar refractivity (Wildman–Crippen MR) is 122 cm³/mol. The summed E-state index contributed by atoms with van der Waals surface area (Å²) in [6.07, 6.45) is 3.42. The molecule has 7 nitrogen and oxygen atoms in total. The van der Waals surface area contributed by atoms with Gasteiger partial charge in [-0.15, -0.1) is 0 Å². The summed E-state index contributed by atoms with van der Waals surface area (Å²) in [6, 6.07) is 8.13. The third-order valence-corrected chi connectivity index (χ3v) is 7.12. The van der Waals surface area contributed by atoms with Crippen LogP contribution in [0.25, 0.3) is 0 Å². The van der Waals surface area contributed by atoms with E-state index in [-0.39, 0.29) is 17.4 Å². The summed E-state index contributed by atoms with van der Waals surface area (Å²) in [5.74, 6) is 1.02. The van der Waals surface area contributed by atoms with Crippen molar-refractivity contribution in [3.8, 4) is 0 Å². The molecular formula is C23H33ClN4O3. The zero-order valence-corrected chi connectivity index (χ0v) is 19.1. The fourth-order valence-corrected chi connectivity index (χ4v) is 5.23. The van der Waals surface area contributed by atoms with Gasteiger partial charge in [-0.3, -0.25) is 9.79 Å². The zero-order valence-electron chi connectivity index (χ0n) is 18.3. The van der Waals surface area contributed by atoms with Gasteiger partial charge in [-0.1, -0.05) is 29.8 Å². The van der Waals surface area contributed by atoms with Crippen molar-refractivity contribution in [3.05, 3.63) is 34.9 Å². The molecule has 0 saturated carbocycles. The molecule has 170 valence electrons. The number of rotatable bonds is 4. The summed E-state index contributed by atoms with van der Waals surface area (Å²) in [5, 5.41) is 4.42. The Bertz CT molecular complexity index is 783. The molecule has 8 heteroatoms. The number of nitrogens with zero attached hydrogens (tertiary/aromatic N) is 3. The van der Waals surface area contributed by atoms with Gasteiger partial charge in [-0.05, 0) is 37.3 Å². The number of nitrogens with one attached hydrogen (secondary N) is 1. The van der Waals surface area contributed by atoms with Crippen molar-refractivity contribution in [2.45, 2.75) is 37.2 Å². The highest BCUT2D eigenvalue weighted by molar-refractivity contribution is 6.31. The lowest BCUT2D eigenvalue weighted by atomic mass is 9.74. The highest BCUT2D eigenvalue weighted by Gasteiger charge is 2.37. The molecule has 3 saturated heterocycles. The third-order valence-electron chi connectivity index (χ3n) is 6.79. The third kappa shape index (κ3) is 4.99. The fraction of sp³-hybridized carbons (Fsp3) is 0.652. The molecule has 3 fully saturated rings. The van der Waals surface area contributed by atoms with Gasteiger partial charge in [0.1, 0.15) is 6.10 Å². The molecule has 4 rings (SSSR count). The molecule has 3 aliphatic rings. The van der Waals surface area contributed by atoms with Gasteiger partial charge < -0.3 is 24.6 Å². The first-order valence-corrected chi connectivity index (χ1v) is 11.7. The van der Waals surface area contributed by atoms with Crippen LogP contribution < -0.4 is 5.32 Å². The highest BCUT2D eigenvalue weighted by atomic mass is 35.5. The number of carbonyl (C=O) groups is 1. The van der Waals surface area contributed by atoms with Gasteiger partial charge in [0.25, 0.3) is 5.91 Å². The van der Waals surface area contributed by atoms with E-state index in [0.717, 1.165) is 69.5 Å². The Hall–Kier alpha value is -1.83. The highest BCUT2D eigenvalue weighted by Crippen LogP contribution is 2.38. The van der Waals surface area contributed by atoms with E-state index in [1.165, 1.54) is 5.56 Å². The lowest BCUT2D eigenvalue weighted by molar-refractivity contribution is -0.142. The maximum Gasteiger partial charge on any atom is 0.251 e. The van der Waals surface area contributed by atoms with Crippen LogP contribution in [0.2, 0.25) is 5.02 Å². The number of amides is 1. The molecule has 0 bridgehead atoms. The smallest absolute Gasteiger partial charge is 0.251 e. The number of hydrogen-bond donors (Lipinski definition) is 1. The summed E-state index contributed by atoms with van der Waals surface area (Å²) >= 11 is 6.59. The summed E-state index contributed by atoms with van der Waals surface area (Å²) in [7, 11) is 1.82. The van der Waals surface area contributed by atoms with Gasteiger partial charge in [0, 0.05) is 70.0 Å². The lowest BCUT2D eigenvalue weighted by Gasteiger charge is -2.41. The Morgan fingerprint density at radius 3 is 2.52 bits per heavy atom. The van der Waals surface area contributed by atoms with Crippen molar-refractivity contribution < 1.29 is 14.3 Å². The number of piperazine rings is 1. The Morgan fingerprint density at radius 2 is 1.87 bits per heavy atom. The monoisotopic (exact) mass is 448 g/mol. The molecule has 0 aromatic heterocycles. The second-order valence-electron chi connectivity index (χ2n) is 8.59. The van der Waals surface area contributed by atoms with E-state index < -0.39 is 0 Å². The number of guanidine groups is 1. The van der Waals surface area contributed by atoms with Crippen LogP contribution in [-0.2, 0) is 19.7 Å². The zero-order chi connectivity index (χ0) is 21.7. The number of ether oxygens (including phenoxy) is 2. The standard InChI is InChI=1S/C23H33ClN4O3/c1-25-22(28-12-10-27(11-13-28)21(29)20-7-4-14-31-20)26-17-23(8-15-30-16-9-23)18-5-2-3-6-19(18)24/h2-3,5-6,20H,4,7-17H2,1H3,(H,25,26). The first kappa shape index (κ1) is 22.4. The van der Waals surface area contributed by atoms with Crippen molar-refractivity contribution in [3.63, 3.8) is 0 Å². The van der Waals surface area contributed by atoms with Crippen LogP contribution in [0.4, 0.5) is 0 Å². The van der Waals surface area contributed by atoms with Gasteiger partial charge >= 0.3 is 0 Å². The fourth-order valence-electron chi connectivity index (χ4n) is 4.89. The second-order valence-corrected chi connectivity index (χ2v) is 8.99. The molecule has 3 aliphatic heterocycles. The molecule has 1 aromatic carbocycles. The molecule has 3 heterocycles. The van der Waals surface area contributed by atoms with E-state index >= 15 is 0 Å². The first-order chi connectivity index (χ1) is 15.1. The van der Waals surface area contributed by atoms with Crippen LogP contribution >= 0.6 is 11.6 Å². The number of carbonyl (C=O) groups excluding carboxylic acids is 1. The number of halogens is 1. The van der Waals surface area contributed by atoms with Crippen LogP contribution in [0.15, 0.2) is 29.3 Å². The quantitative estimate of drug-likeness (QED) is 0.565. The Labute approximate surface area is 189 Å². The van der Waals surface area contributed by atoms with E-state index in [9.17, 15) is 4.79 Å². The molecule has 1 amide bonds. The minimum absolute atomic E-state index is 0.0792. The average Bonchev–Trinajstić information content (AvgIpc) is 3.35.